The van der Waals surface area contributed by atoms with Gasteiger partial charge in [-0.2, -0.15) is 0 Å². The number of aliphatic hydroxyl groups is 1. The molecule has 0 aliphatic carbocycles. The molecular weight excluding hydrogens is 234 g/mol. The van der Waals surface area contributed by atoms with Gasteiger partial charge in [0.05, 0.1) is 0 Å². The SMILES string of the molecule is OCCC1CCCN(Cc2cccc(Cl)c2)C1. The van der Waals surface area contributed by atoms with Crippen LogP contribution in [0, 0.1) is 5.92 Å². The predicted octanol–water partition coefficient (Wildman–Crippen LogP) is 2.93. The maximum atomic E-state index is 8.99. The molecule has 1 N–H and O–H groups in total. The van der Waals surface area contributed by atoms with Gasteiger partial charge >= 0.3 is 0 Å². The second-order valence-corrected chi connectivity index (χ2v) is 5.32. The third kappa shape index (κ3) is 3.98. The highest BCUT2D eigenvalue weighted by molar-refractivity contribution is 6.30. The van der Waals surface area contributed by atoms with Crippen LogP contribution in [0.2, 0.25) is 5.02 Å². The van der Waals surface area contributed by atoms with Crippen molar-refractivity contribution in [2.24, 2.45) is 5.92 Å². The molecule has 1 aliphatic rings. The molecule has 94 valence electrons. The van der Waals surface area contributed by atoms with Gasteiger partial charge in [-0.3, -0.25) is 4.90 Å². The van der Waals surface area contributed by atoms with Crippen molar-refractivity contribution in [3.63, 3.8) is 0 Å². The molecule has 1 atom stereocenters. The van der Waals surface area contributed by atoms with Crippen molar-refractivity contribution in [2.45, 2.75) is 25.8 Å². The maximum absolute atomic E-state index is 8.99. The number of likely N-dealkylation sites (tertiary alicyclic amines) is 1. The number of hydrogen-bond acceptors (Lipinski definition) is 2. The van der Waals surface area contributed by atoms with E-state index >= 15 is 0 Å². The predicted molar refractivity (Wildman–Crippen MR) is 71.2 cm³/mol. The fraction of sp³-hybridized carbons (Fsp3) is 0.571. The van der Waals surface area contributed by atoms with Crippen LogP contribution in [0.15, 0.2) is 24.3 Å². The largest absolute Gasteiger partial charge is 0.396 e. The molecule has 2 nitrogen and oxygen atoms in total. The molecular formula is C14H20ClNO. The van der Waals surface area contributed by atoms with E-state index in [9.17, 15) is 0 Å². The summed E-state index contributed by atoms with van der Waals surface area (Å²) in [5, 5.41) is 9.81. The summed E-state index contributed by atoms with van der Waals surface area (Å²) < 4.78 is 0. The molecule has 2 rings (SSSR count). The Balaban J connectivity index is 1.90. The molecule has 17 heavy (non-hydrogen) atoms. The van der Waals surface area contributed by atoms with Gasteiger partial charge in [0, 0.05) is 24.7 Å². The van der Waals surface area contributed by atoms with Crippen LogP contribution >= 0.6 is 11.6 Å². The minimum absolute atomic E-state index is 0.315. The Kier molecular flexibility index (Phi) is 4.84. The molecule has 0 amide bonds. The van der Waals surface area contributed by atoms with Crippen molar-refractivity contribution in [1.29, 1.82) is 0 Å². The van der Waals surface area contributed by atoms with Crippen molar-refractivity contribution >= 4 is 11.6 Å². The van der Waals surface area contributed by atoms with E-state index in [1.54, 1.807) is 0 Å². The minimum atomic E-state index is 0.315. The number of rotatable bonds is 4. The Labute approximate surface area is 108 Å². The van der Waals surface area contributed by atoms with Gasteiger partial charge in [-0.15, -0.1) is 0 Å². The van der Waals surface area contributed by atoms with Crippen LogP contribution in [0.25, 0.3) is 0 Å². The number of piperidine rings is 1. The van der Waals surface area contributed by atoms with E-state index in [1.165, 1.54) is 18.4 Å². The highest BCUT2D eigenvalue weighted by Crippen LogP contribution is 2.21. The molecule has 1 unspecified atom stereocenters. The fourth-order valence-corrected chi connectivity index (χ4v) is 2.82. The zero-order valence-corrected chi connectivity index (χ0v) is 10.9. The highest BCUT2D eigenvalue weighted by atomic mass is 35.5. The average Bonchev–Trinajstić information content (AvgIpc) is 2.30. The first-order valence-electron chi connectivity index (χ1n) is 6.35. The lowest BCUT2D eigenvalue weighted by molar-refractivity contribution is 0.142. The Morgan fingerprint density at radius 2 is 2.29 bits per heavy atom. The van der Waals surface area contributed by atoms with E-state index in [-0.39, 0.29) is 0 Å². The first-order valence-corrected chi connectivity index (χ1v) is 6.73. The number of halogens is 1. The third-order valence-corrected chi connectivity index (χ3v) is 3.67. The van der Waals surface area contributed by atoms with Crippen LogP contribution in [0.4, 0.5) is 0 Å². The van der Waals surface area contributed by atoms with Crippen molar-refractivity contribution in [3.05, 3.63) is 34.9 Å². The zero-order valence-electron chi connectivity index (χ0n) is 10.1. The number of hydrogen-bond donors (Lipinski definition) is 1. The van der Waals surface area contributed by atoms with Crippen molar-refractivity contribution in [2.75, 3.05) is 19.7 Å². The van der Waals surface area contributed by atoms with Gasteiger partial charge in [0.1, 0.15) is 0 Å². The van der Waals surface area contributed by atoms with Crippen LogP contribution < -0.4 is 0 Å². The highest BCUT2D eigenvalue weighted by Gasteiger charge is 2.19. The summed E-state index contributed by atoms with van der Waals surface area (Å²) in [5.41, 5.74) is 1.28. The summed E-state index contributed by atoms with van der Waals surface area (Å²) in [6.45, 7) is 3.56. The molecule has 0 spiro atoms. The molecule has 3 heteroatoms. The van der Waals surface area contributed by atoms with Crippen molar-refractivity contribution in [1.82, 2.24) is 4.90 Å². The molecule has 0 radical (unpaired) electrons. The summed E-state index contributed by atoms with van der Waals surface area (Å²) in [6.07, 6.45) is 3.43. The first kappa shape index (κ1) is 12.9. The van der Waals surface area contributed by atoms with E-state index in [4.69, 9.17) is 16.7 Å². The Morgan fingerprint density at radius 1 is 1.41 bits per heavy atom. The first-order chi connectivity index (χ1) is 8.28. The second-order valence-electron chi connectivity index (χ2n) is 4.89. The van der Waals surface area contributed by atoms with Crippen LogP contribution in [0.1, 0.15) is 24.8 Å². The van der Waals surface area contributed by atoms with Crippen LogP contribution in [-0.4, -0.2) is 29.7 Å². The van der Waals surface area contributed by atoms with E-state index in [2.05, 4.69) is 11.0 Å². The molecule has 1 fully saturated rings. The quantitative estimate of drug-likeness (QED) is 0.892. The van der Waals surface area contributed by atoms with Gasteiger partial charge in [0.25, 0.3) is 0 Å². The lowest BCUT2D eigenvalue weighted by Gasteiger charge is -2.32. The smallest absolute Gasteiger partial charge is 0.0434 e. The zero-order chi connectivity index (χ0) is 12.1. The molecule has 0 aromatic heterocycles. The summed E-state index contributed by atoms with van der Waals surface area (Å²) in [4.78, 5) is 2.47. The van der Waals surface area contributed by atoms with Gasteiger partial charge in [-0.05, 0) is 49.4 Å². The van der Waals surface area contributed by atoms with E-state index < -0.39 is 0 Å². The molecule has 0 saturated carbocycles. The standard InChI is InChI=1S/C14H20ClNO/c15-14-5-1-3-13(9-14)11-16-7-2-4-12(10-16)6-8-17/h1,3,5,9,12,17H,2,4,6-8,10-11H2. The molecule has 1 heterocycles. The van der Waals surface area contributed by atoms with Crippen molar-refractivity contribution in [3.8, 4) is 0 Å². The summed E-state index contributed by atoms with van der Waals surface area (Å²) in [6, 6.07) is 8.08. The second kappa shape index (κ2) is 6.39. The average molecular weight is 254 g/mol. The number of aliphatic hydroxyl groups excluding tert-OH is 1. The lowest BCUT2D eigenvalue weighted by Crippen LogP contribution is -2.35. The number of benzene rings is 1. The molecule has 1 aliphatic heterocycles. The third-order valence-electron chi connectivity index (χ3n) is 3.44. The minimum Gasteiger partial charge on any atom is -0.396 e. The summed E-state index contributed by atoms with van der Waals surface area (Å²) >= 11 is 5.99. The molecule has 1 aromatic rings. The monoisotopic (exact) mass is 253 g/mol. The van der Waals surface area contributed by atoms with E-state index in [0.29, 0.717) is 12.5 Å². The normalized spacial score (nSPS) is 21.6. The fourth-order valence-electron chi connectivity index (χ4n) is 2.61. The Bertz CT molecular complexity index is 354. The number of nitrogens with zero attached hydrogens (tertiary/aromatic N) is 1. The van der Waals surface area contributed by atoms with E-state index in [1.807, 2.05) is 18.2 Å². The van der Waals surface area contributed by atoms with Crippen molar-refractivity contribution < 1.29 is 5.11 Å². The Morgan fingerprint density at radius 3 is 3.06 bits per heavy atom. The molecule has 1 saturated heterocycles. The summed E-state index contributed by atoms with van der Waals surface area (Å²) in [5.74, 6) is 0.660. The van der Waals surface area contributed by atoms with Crippen LogP contribution in [-0.2, 0) is 6.54 Å². The van der Waals surface area contributed by atoms with Gasteiger partial charge in [-0.1, -0.05) is 23.7 Å². The van der Waals surface area contributed by atoms with Gasteiger partial charge < -0.3 is 5.11 Å². The Hall–Kier alpha value is -0.570. The lowest BCUT2D eigenvalue weighted by atomic mass is 9.95. The molecule has 1 aromatic carbocycles. The van der Waals surface area contributed by atoms with Gasteiger partial charge in [-0.25, -0.2) is 0 Å². The van der Waals surface area contributed by atoms with Gasteiger partial charge in [0.2, 0.25) is 0 Å². The maximum Gasteiger partial charge on any atom is 0.0434 e. The topological polar surface area (TPSA) is 23.5 Å². The summed E-state index contributed by atoms with van der Waals surface area (Å²) in [7, 11) is 0. The van der Waals surface area contributed by atoms with E-state index in [0.717, 1.165) is 31.1 Å². The van der Waals surface area contributed by atoms with Crippen LogP contribution in [0.3, 0.4) is 0 Å². The van der Waals surface area contributed by atoms with Gasteiger partial charge in [0.15, 0.2) is 0 Å². The molecule has 0 bridgehead atoms. The van der Waals surface area contributed by atoms with Crippen LogP contribution in [0.5, 0.6) is 0 Å².